The lowest BCUT2D eigenvalue weighted by molar-refractivity contribution is -0.146. The van der Waals surface area contributed by atoms with Crippen molar-refractivity contribution in [1.29, 1.82) is 0 Å². The minimum absolute atomic E-state index is 0.0184. The van der Waals surface area contributed by atoms with Crippen LogP contribution in [0.1, 0.15) is 80.6 Å². The molecule has 48 heavy (non-hydrogen) atoms. The van der Waals surface area contributed by atoms with E-state index in [1.807, 2.05) is 87.2 Å². The van der Waals surface area contributed by atoms with Gasteiger partial charge in [-0.05, 0) is 75.4 Å². The third-order valence-electron chi connectivity index (χ3n) is 9.88. The van der Waals surface area contributed by atoms with E-state index in [1.54, 1.807) is 42.2 Å². The average molecular weight is 710 g/mol. The molecule has 2 heterocycles. The molecule has 0 aromatic carbocycles. The zero-order valence-electron chi connectivity index (χ0n) is 31.5. The summed E-state index contributed by atoms with van der Waals surface area (Å²) >= 11 is 3.20. The van der Waals surface area contributed by atoms with Crippen LogP contribution in [0.25, 0.3) is 0 Å². The number of nitrogens with one attached hydrogen (secondary N) is 1. The Kier molecular flexibility index (Phi) is 17.4. The van der Waals surface area contributed by atoms with Gasteiger partial charge in [0.25, 0.3) is 0 Å². The zero-order valence-corrected chi connectivity index (χ0v) is 33.2. The van der Waals surface area contributed by atoms with E-state index in [1.165, 1.54) is 0 Å². The summed E-state index contributed by atoms with van der Waals surface area (Å²) in [4.78, 5) is 62.4. The highest BCUT2D eigenvalue weighted by Crippen LogP contribution is 2.32. The number of likely N-dealkylation sites (tertiary alicyclic amines) is 1. The van der Waals surface area contributed by atoms with Gasteiger partial charge in [0.1, 0.15) is 6.04 Å². The summed E-state index contributed by atoms with van der Waals surface area (Å²) in [6, 6.07) is 2.40. The molecular formula is C36H63N5O5S2. The van der Waals surface area contributed by atoms with Crippen molar-refractivity contribution in [2.45, 2.75) is 116 Å². The van der Waals surface area contributed by atoms with Crippen LogP contribution in [0.2, 0.25) is 0 Å². The third kappa shape index (κ3) is 10.7. The molecule has 274 valence electrons. The number of rotatable bonds is 19. The quantitative estimate of drug-likeness (QED) is 0.210. The van der Waals surface area contributed by atoms with E-state index >= 15 is 0 Å². The number of thiophene rings is 1. The van der Waals surface area contributed by atoms with Crippen LogP contribution in [0.5, 0.6) is 0 Å². The predicted octanol–water partition coefficient (Wildman–Crippen LogP) is 5.22. The average Bonchev–Trinajstić information content (AvgIpc) is 3.74. The van der Waals surface area contributed by atoms with Crippen molar-refractivity contribution in [3.05, 3.63) is 17.5 Å². The van der Waals surface area contributed by atoms with Crippen molar-refractivity contribution in [2.24, 2.45) is 17.8 Å². The molecule has 1 aromatic heterocycles. The van der Waals surface area contributed by atoms with Crippen LogP contribution in [-0.4, -0.2) is 121 Å². The smallest absolute Gasteiger partial charge is 0.245 e. The van der Waals surface area contributed by atoms with Gasteiger partial charge in [-0.25, -0.2) is 0 Å². The van der Waals surface area contributed by atoms with Gasteiger partial charge in [0.05, 0.1) is 29.6 Å². The SMILES string of the molecule is CCC(C)C(C(CC(=O)N1CCCC1C(CC(=O)N(CC)c1cccs1)SC)OC)N(C)C(=O)C(NC(=O)C(C(C)C)N(C)C)C(C)C. The van der Waals surface area contributed by atoms with Gasteiger partial charge in [-0.1, -0.05) is 48.0 Å². The lowest BCUT2D eigenvalue weighted by Crippen LogP contribution is -2.59. The minimum atomic E-state index is -0.719. The zero-order chi connectivity index (χ0) is 36.3. The van der Waals surface area contributed by atoms with Gasteiger partial charge in [-0.15, -0.1) is 11.3 Å². The van der Waals surface area contributed by atoms with E-state index in [2.05, 4.69) is 19.2 Å². The molecule has 0 bridgehead atoms. The summed E-state index contributed by atoms with van der Waals surface area (Å²) in [6.45, 7) is 15.2. The number of carbonyl (C=O) groups excluding carboxylic acids is 4. The Bertz CT molecular complexity index is 1160. The van der Waals surface area contributed by atoms with E-state index in [0.717, 1.165) is 24.3 Å². The number of methoxy groups -OCH3 is 1. The first-order valence-corrected chi connectivity index (χ1v) is 19.7. The lowest BCUT2D eigenvalue weighted by atomic mass is 9.89. The molecule has 7 unspecified atom stereocenters. The Balaban J connectivity index is 2.26. The largest absolute Gasteiger partial charge is 0.379 e. The molecule has 4 amide bonds. The number of amides is 4. The molecule has 2 rings (SSSR count). The van der Waals surface area contributed by atoms with Gasteiger partial charge in [0, 0.05) is 45.0 Å². The molecular weight excluding hydrogens is 647 g/mol. The first kappa shape index (κ1) is 42.0. The Labute approximate surface area is 298 Å². The molecule has 1 aliphatic rings. The maximum Gasteiger partial charge on any atom is 0.245 e. The molecule has 7 atom stereocenters. The first-order valence-electron chi connectivity index (χ1n) is 17.6. The Morgan fingerprint density at radius 2 is 1.73 bits per heavy atom. The Morgan fingerprint density at radius 3 is 2.21 bits per heavy atom. The van der Waals surface area contributed by atoms with Crippen molar-refractivity contribution < 1.29 is 23.9 Å². The molecule has 0 aliphatic carbocycles. The van der Waals surface area contributed by atoms with E-state index in [9.17, 15) is 19.2 Å². The Morgan fingerprint density at radius 1 is 1.06 bits per heavy atom. The number of nitrogens with zero attached hydrogens (tertiary/aromatic N) is 4. The molecule has 1 saturated heterocycles. The topological polar surface area (TPSA) is 103 Å². The summed E-state index contributed by atoms with van der Waals surface area (Å²) in [7, 11) is 7.12. The van der Waals surface area contributed by atoms with Gasteiger partial charge in [0.2, 0.25) is 23.6 Å². The van der Waals surface area contributed by atoms with E-state index in [0.29, 0.717) is 19.5 Å². The number of anilines is 1. The standard InChI is InChI=1S/C36H63N5O5S2/c1-13-25(7)34(39(10)36(45)32(23(3)4)37-35(44)33(24(5)6)38(8)9)27(46-11)21-29(42)41-19-15-17-26(41)28(47-12)22-30(43)40(14-2)31-18-16-20-48-31/h16,18,20,23-28,32-34H,13-15,17,19,21-22H2,1-12H3,(H,37,44). The summed E-state index contributed by atoms with van der Waals surface area (Å²) in [5.74, 6) is -0.341. The molecule has 10 nitrogen and oxygen atoms in total. The number of ether oxygens (including phenoxy) is 1. The van der Waals surface area contributed by atoms with Crippen LogP contribution >= 0.6 is 23.1 Å². The van der Waals surface area contributed by atoms with Gasteiger partial charge < -0.3 is 24.8 Å². The summed E-state index contributed by atoms with van der Waals surface area (Å²) in [5.41, 5.74) is 0. The van der Waals surface area contributed by atoms with Crippen molar-refractivity contribution in [2.75, 3.05) is 52.5 Å². The Hall–Kier alpha value is -2.15. The highest BCUT2D eigenvalue weighted by atomic mass is 32.2. The normalized spacial score (nSPS) is 18.8. The summed E-state index contributed by atoms with van der Waals surface area (Å²) in [6.07, 6.45) is 4.47. The van der Waals surface area contributed by atoms with Crippen LogP contribution in [0.3, 0.4) is 0 Å². The van der Waals surface area contributed by atoms with Gasteiger partial charge >= 0.3 is 0 Å². The molecule has 12 heteroatoms. The van der Waals surface area contributed by atoms with Crippen LogP contribution < -0.4 is 10.2 Å². The number of hydrogen-bond donors (Lipinski definition) is 1. The van der Waals surface area contributed by atoms with Crippen molar-refractivity contribution in [3.63, 3.8) is 0 Å². The lowest BCUT2D eigenvalue weighted by Gasteiger charge is -2.41. The number of hydrogen-bond acceptors (Lipinski definition) is 8. The summed E-state index contributed by atoms with van der Waals surface area (Å²) < 4.78 is 6.03. The van der Waals surface area contributed by atoms with Gasteiger partial charge in [-0.3, -0.25) is 24.1 Å². The van der Waals surface area contributed by atoms with E-state index in [4.69, 9.17) is 4.74 Å². The van der Waals surface area contributed by atoms with E-state index < -0.39 is 12.1 Å². The van der Waals surface area contributed by atoms with Crippen molar-refractivity contribution in [3.8, 4) is 0 Å². The second-order valence-electron chi connectivity index (χ2n) is 14.1. The molecule has 1 aromatic rings. The van der Waals surface area contributed by atoms with Crippen molar-refractivity contribution >= 4 is 51.7 Å². The minimum Gasteiger partial charge on any atom is -0.379 e. The number of carbonyl (C=O) groups is 4. The van der Waals surface area contributed by atoms with Gasteiger partial charge in [0.15, 0.2) is 0 Å². The molecule has 0 radical (unpaired) electrons. The fourth-order valence-corrected chi connectivity index (χ4v) is 8.87. The van der Waals surface area contributed by atoms with Crippen LogP contribution in [-0.2, 0) is 23.9 Å². The third-order valence-corrected chi connectivity index (χ3v) is 11.9. The molecule has 0 spiro atoms. The highest BCUT2D eigenvalue weighted by Gasteiger charge is 2.41. The fourth-order valence-electron chi connectivity index (χ4n) is 7.15. The monoisotopic (exact) mass is 709 g/mol. The second-order valence-corrected chi connectivity index (χ2v) is 16.1. The van der Waals surface area contributed by atoms with Gasteiger partial charge in [-0.2, -0.15) is 11.8 Å². The fraction of sp³-hybridized carbons (Fsp3) is 0.778. The first-order chi connectivity index (χ1) is 22.6. The maximum atomic E-state index is 14.2. The van der Waals surface area contributed by atoms with Crippen LogP contribution in [0.4, 0.5) is 5.00 Å². The highest BCUT2D eigenvalue weighted by molar-refractivity contribution is 7.99. The number of likely N-dealkylation sites (N-methyl/N-ethyl adjacent to an activating group) is 2. The number of thioether (sulfide) groups is 1. The maximum absolute atomic E-state index is 14.2. The molecule has 0 saturated carbocycles. The second kappa shape index (κ2) is 19.9. The molecule has 1 N–H and O–H groups in total. The van der Waals surface area contributed by atoms with Crippen LogP contribution in [0, 0.1) is 17.8 Å². The van der Waals surface area contributed by atoms with Crippen LogP contribution in [0.15, 0.2) is 17.5 Å². The molecule has 1 aliphatic heterocycles. The van der Waals surface area contributed by atoms with Crippen molar-refractivity contribution in [1.82, 2.24) is 20.0 Å². The molecule has 1 fully saturated rings. The predicted molar refractivity (Wildman–Crippen MR) is 200 cm³/mol. The summed E-state index contributed by atoms with van der Waals surface area (Å²) in [5, 5.41) is 5.95. The van der Waals surface area contributed by atoms with E-state index in [-0.39, 0.29) is 71.2 Å².